The predicted molar refractivity (Wildman–Crippen MR) is 101 cm³/mol. The van der Waals surface area contributed by atoms with Crippen LogP contribution >= 0.6 is 15.9 Å². The van der Waals surface area contributed by atoms with Crippen molar-refractivity contribution < 1.29 is 14.3 Å². The van der Waals surface area contributed by atoms with E-state index in [0.717, 1.165) is 4.47 Å². The van der Waals surface area contributed by atoms with E-state index >= 15 is 0 Å². The van der Waals surface area contributed by atoms with E-state index in [1.54, 1.807) is 54.5 Å². The zero-order valence-corrected chi connectivity index (χ0v) is 15.6. The van der Waals surface area contributed by atoms with E-state index in [4.69, 9.17) is 9.47 Å². The standard InChI is InChI=1S/C18H17BrN4O3/c1-25-11-10-23-9-8-21-18(23)22-16(24)15-6-3-7-20-17(15)26-14-5-2-4-13(19)12-14/h2-9,12H,10-11H2,1H3,(H,21,22,24). The van der Waals surface area contributed by atoms with Gasteiger partial charge in [-0.2, -0.15) is 0 Å². The summed E-state index contributed by atoms with van der Waals surface area (Å²) in [6.07, 6.45) is 4.97. The molecule has 0 radical (unpaired) electrons. The summed E-state index contributed by atoms with van der Waals surface area (Å²) in [6.45, 7) is 1.10. The lowest BCUT2D eigenvalue weighted by atomic mass is 10.2. The Morgan fingerprint density at radius 2 is 2.12 bits per heavy atom. The van der Waals surface area contributed by atoms with Gasteiger partial charge < -0.3 is 14.0 Å². The monoisotopic (exact) mass is 416 g/mol. The molecular weight excluding hydrogens is 400 g/mol. The average molecular weight is 417 g/mol. The van der Waals surface area contributed by atoms with Crippen molar-refractivity contribution in [3.63, 3.8) is 0 Å². The normalized spacial score (nSPS) is 10.5. The fourth-order valence-electron chi connectivity index (χ4n) is 2.26. The molecule has 0 saturated heterocycles. The van der Waals surface area contributed by atoms with Gasteiger partial charge in [-0.3, -0.25) is 10.1 Å². The molecule has 0 unspecified atom stereocenters. The Bertz CT molecular complexity index is 897. The van der Waals surface area contributed by atoms with Crippen LogP contribution in [0.15, 0.2) is 59.5 Å². The zero-order chi connectivity index (χ0) is 18.4. The number of aromatic nitrogens is 3. The van der Waals surface area contributed by atoms with E-state index in [1.165, 1.54) is 0 Å². The SMILES string of the molecule is COCCn1ccnc1NC(=O)c1cccnc1Oc1cccc(Br)c1. The van der Waals surface area contributed by atoms with Crippen molar-refractivity contribution in [2.45, 2.75) is 6.54 Å². The fraction of sp³-hybridized carbons (Fsp3) is 0.167. The summed E-state index contributed by atoms with van der Waals surface area (Å²) in [5.74, 6) is 0.879. The van der Waals surface area contributed by atoms with E-state index in [9.17, 15) is 4.79 Å². The second-order valence-electron chi connectivity index (χ2n) is 5.31. The van der Waals surface area contributed by atoms with Crippen LogP contribution in [0.25, 0.3) is 0 Å². The van der Waals surface area contributed by atoms with Gasteiger partial charge in [0.15, 0.2) is 0 Å². The molecule has 0 bridgehead atoms. The van der Waals surface area contributed by atoms with Crippen LogP contribution in [0.2, 0.25) is 0 Å². The zero-order valence-electron chi connectivity index (χ0n) is 14.1. The fourth-order valence-corrected chi connectivity index (χ4v) is 2.64. The van der Waals surface area contributed by atoms with Crippen LogP contribution in [-0.4, -0.2) is 34.2 Å². The molecule has 0 aliphatic heterocycles. The van der Waals surface area contributed by atoms with E-state index in [-0.39, 0.29) is 11.8 Å². The summed E-state index contributed by atoms with van der Waals surface area (Å²) < 4.78 is 13.5. The molecule has 26 heavy (non-hydrogen) atoms. The Morgan fingerprint density at radius 3 is 2.92 bits per heavy atom. The van der Waals surface area contributed by atoms with Crippen LogP contribution in [-0.2, 0) is 11.3 Å². The molecule has 3 aromatic rings. The molecule has 0 atom stereocenters. The molecule has 1 N–H and O–H groups in total. The van der Waals surface area contributed by atoms with Gasteiger partial charge in [0.2, 0.25) is 11.8 Å². The Kier molecular flexibility index (Phi) is 5.98. The van der Waals surface area contributed by atoms with Gasteiger partial charge >= 0.3 is 0 Å². The first-order valence-corrected chi connectivity index (χ1v) is 8.66. The van der Waals surface area contributed by atoms with Crippen LogP contribution in [0, 0.1) is 0 Å². The van der Waals surface area contributed by atoms with Crippen molar-refractivity contribution >= 4 is 27.8 Å². The van der Waals surface area contributed by atoms with Crippen molar-refractivity contribution in [3.05, 3.63) is 65.0 Å². The average Bonchev–Trinajstić information content (AvgIpc) is 3.07. The predicted octanol–water partition coefficient (Wildman–Crippen LogP) is 3.73. The summed E-state index contributed by atoms with van der Waals surface area (Å²) in [6, 6.07) is 10.7. The molecule has 0 saturated carbocycles. The number of hydrogen-bond acceptors (Lipinski definition) is 5. The van der Waals surface area contributed by atoms with E-state index in [0.29, 0.717) is 30.4 Å². The molecule has 2 aromatic heterocycles. The first-order chi connectivity index (χ1) is 12.7. The maximum atomic E-state index is 12.7. The summed E-state index contributed by atoms with van der Waals surface area (Å²) in [4.78, 5) is 21.0. The molecule has 0 aliphatic rings. The lowest BCUT2D eigenvalue weighted by molar-refractivity contribution is 0.102. The van der Waals surface area contributed by atoms with Crippen molar-refractivity contribution in [1.29, 1.82) is 0 Å². The number of imidazole rings is 1. The number of carbonyl (C=O) groups excluding carboxylic acids is 1. The number of benzene rings is 1. The number of nitrogens with one attached hydrogen (secondary N) is 1. The molecule has 0 aliphatic carbocycles. The number of nitrogens with zero attached hydrogens (tertiary/aromatic N) is 3. The van der Waals surface area contributed by atoms with Crippen LogP contribution in [0.5, 0.6) is 11.6 Å². The Balaban J connectivity index is 1.79. The van der Waals surface area contributed by atoms with Gasteiger partial charge in [0.05, 0.1) is 6.61 Å². The van der Waals surface area contributed by atoms with E-state index in [1.807, 2.05) is 12.1 Å². The molecule has 2 heterocycles. The molecule has 134 valence electrons. The number of methoxy groups -OCH3 is 1. The van der Waals surface area contributed by atoms with Gasteiger partial charge in [0.1, 0.15) is 11.3 Å². The molecule has 1 amide bonds. The van der Waals surface area contributed by atoms with E-state index in [2.05, 4.69) is 31.2 Å². The number of hydrogen-bond donors (Lipinski definition) is 1. The van der Waals surface area contributed by atoms with E-state index < -0.39 is 0 Å². The van der Waals surface area contributed by atoms with Crippen LogP contribution in [0.1, 0.15) is 10.4 Å². The largest absolute Gasteiger partial charge is 0.438 e. The number of anilines is 1. The second kappa shape index (κ2) is 8.59. The van der Waals surface area contributed by atoms with Gasteiger partial charge in [0.25, 0.3) is 5.91 Å². The Labute approximate surface area is 159 Å². The minimum absolute atomic E-state index is 0.220. The molecule has 0 spiro atoms. The number of ether oxygens (including phenoxy) is 2. The third-order valence-electron chi connectivity index (χ3n) is 3.50. The van der Waals surface area contributed by atoms with Crippen molar-refractivity contribution in [1.82, 2.24) is 14.5 Å². The van der Waals surface area contributed by atoms with Crippen LogP contribution in [0.4, 0.5) is 5.95 Å². The first kappa shape index (κ1) is 18.1. The summed E-state index contributed by atoms with van der Waals surface area (Å²) in [7, 11) is 1.62. The number of pyridine rings is 1. The minimum Gasteiger partial charge on any atom is -0.438 e. The Morgan fingerprint density at radius 1 is 1.23 bits per heavy atom. The maximum Gasteiger partial charge on any atom is 0.263 e. The molecular formula is C18H17BrN4O3. The highest BCUT2D eigenvalue weighted by molar-refractivity contribution is 9.10. The molecule has 8 heteroatoms. The lowest BCUT2D eigenvalue weighted by Gasteiger charge is -2.11. The van der Waals surface area contributed by atoms with Crippen molar-refractivity contribution in [2.75, 3.05) is 19.0 Å². The highest BCUT2D eigenvalue weighted by atomic mass is 79.9. The number of carbonyl (C=O) groups is 1. The van der Waals surface area contributed by atoms with Crippen LogP contribution < -0.4 is 10.1 Å². The van der Waals surface area contributed by atoms with Crippen molar-refractivity contribution in [3.8, 4) is 11.6 Å². The lowest BCUT2D eigenvalue weighted by Crippen LogP contribution is -2.18. The van der Waals surface area contributed by atoms with Gasteiger partial charge in [-0.15, -0.1) is 0 Å². The quantitative estimate of drug-likeness (QED) is 0.634. The first-order valence-electron chi connectivity index (χ1n) is 7.87. The number of halogens is 1. The Hall–Kier alpha value is -2.71. The second-order valence-corrected chi connectivity index (χ2v) is 6.22. The molecule has 0 fully saturated rings. The highest BCUT2D eigenvalue weighted by Gasteiger charge is 2.16. The third-order valence-corrected chi connectivity index (χ3v) is 4.00. The van der Waals surface area contributed by atoms with Gasteiger partial charge in [0, 0.05) is 36.7 Å². The van der Waals surface area contributed by atoms with Gasteiger partial charge in [-0.25, -0.2) is 9.97 Å². The van der Waals surface area contributed by atoms with Gasteiger partial charge in [-0.1, -0.05) is 22.0 Å². The molecule has 3 rings (SSSR count). The maximum absolute atomic E-state index is 12.7. The van der Waals surface area contributed by atoms with Crippen molar-refractivity contribution in [2.24, 2.45) is 0 Å². The van der Waals surface area contributed by atoms with Crippen LogP contribution in [0.3, 0.4) is 0 Å². The summed E-state index contributed by atoms with van der Waals surface area (Å²) in [5.41, 5.74) is 0.314. The summed E-state index contributed by atoms with van der Waals surface area (Å²) >= 11 is 3.39. The molecule has 7 nitrogen and oxygen atoms in total. The minimum atomic E-state index is -0.354. The smallest absolute Gasteiger partial charge is 0.263 e. The third kappa shape index (κ3) is 4.47. The molecule has 1 aromatic carbocycles. The number of rotatable bonds is 7. The highest BCUT2D eigenvalue weighted by Crippen LogP contribution is 2.26. The summed E-state index contributed by atoms with van der Waals surface area (Å²) in [5, 5.41) is 2.78. The topological polar surface area (TPSA) is 78.3 Å². The van der Waals surface area contributed by atoms with Gasteiger partial charge in [-0.05, 0) is 30.3 Å². The number of amides is 1.